The average molecular weight is 222 g/mol. The summed E-state index contributed by atoms with van der Waals surface area (Å²) in [5, 5.41) is 0. The van der Waals surface area contributed by atoms with Crippen LogP contribution in [0.2, 0.25) is 0 Å². The van der Waals surface area contributed by atoms with Crippen LogP contribution in [0.1, 0.15) is 44.9 Å². The van der Waals surface area contributed by atoms with Crippen molar-refractivity contribution in [1.29, 1.82) is 0 Å². The van der Waals surface area contributed by atoms with Gasteiger partial charge in [-0.25, -0.2) is 0 Å². The van der Waals surface area contributed by atoms with Gasteiger partial charge in [-0.05, 0) is 55.8 Å². The highest BCUT2D eigenvalue weighted by Crippen LogP contribution is 2.61. The van der Waals surface area contributed by atoms with Crippen LogP contribution in [0.25, 0.3) is 0 Å². The number of amides is 1. The molecule has 3 rings (SSSR count). The molecule has 3 heteroatoms. The number of fused-ring (bicyclic) bond motifs is 3. The molecule has 1 spiro atoms. The molecule has 0 radical (unpaired) electrons. The topological polar surface area (TPSA) is 69.1 Å². The first-order valence-corrected chi connectivity index (χ1v) is 6.68. The molecule has 0 aromatic heterocycles. The summed E-state index contributed by atoms with van der Waals surface area (Å²) in [6.07, 6.45) is 8.31. The molecule has 16 heavy (non-hydrogen) atoms. The van der Waals surface area contributed by atoms with Gasteiger partial charge in [-0.2, -0.15) is 0 Å². The fraction of sp³-hybridized carbons (Fsp3) is 0.923. The Kier molecular flexibility index (Phi) is 2.29. The number of hydrogen-bond acceptors (Lipinski definition) is 2. The molecule has 5 atom stereocenters. The second kappa shape index (κ2) is 3.46. The lowest BCUT2D eigenvalue weighted by molar-refractivity contribution is -0.125. The summed E-state index contributed by atoms with van der Waals surface area (Å²) >= 11 is 0. The van der Waals surface area contributed by atoms with E-state index in [0.29, 0.717) is 6.04 Å². The van der Waals surface area contributed by atoms with Gasteiger partial charge < -0.3 is 11.5 Å². The minimum Gasteiger partial charge on any atom is -0.369 e. The zero-order valence-corrected chi connectivity index (χ0v) is 9.82. The van der Waals surface area contributed by atoms with E-state index in [1.165, 1.54) is 25.7 Å². The lowest BCUT2D eigenvalue weighted by Gasteiger charge is -2.47. The van der Waals surface area contributed by atoms with Gasteiger partial charge in [0.2, 0.25) is 5.91 Å². The molecule has 3 saturated carbocycles. The molecule has 0 unspecified atom stereocenters. The molecule has 90 valence electrons. The largest absolute Gasteiger partial charge is 0.369 e. The van der Waals surface area contributed by atoms with E-state index in [4.69, 9.17) is 11.5 Å². The third kappa shape index (κ3) is 1.27. The van der Waals surface area contributed by atoms with Crippen molar-refractivity contribution in [2.75, 3.05) is 0 Å². The SMILES string of the molecule is NC(=O)[C@H]1CCC[C@@]2(C1)[C@H]1CC[C@H](C1)[C@@H]2N. The smallest absolute Gasteiger partial charge is 0.220 e. The first-order chi connectivity index (χ1) is 7.63. The minimum absolute atomic E-state index is 0.0964. The highest BCUT2D eigenvalue weighted by molar-refractivity contribution is 5.76. The van der Waals surface area contributed by atoms with E-state index in [1.54, 1.807) is 0 Å². The molecular weight excluding hydrogens is 200 g/mol. The van der Waals surface area contributed by atoms with Crippen molar-refractivity contribution in [1.82, 2.24) is 0 Å². The predicted molar refractivity (Wildman–Crippen MR) is 62.4 cm³/mol. The van der Waals surface area contributed by atoms with Gasteiger partial charge in [0.1, 0.15) is 0 Å². The summed E-state index contributed by atoms with van der Waals surface area (Å²) in [6, 6.07) is 0.341. The molecule has 0 saturated heterocycles. The van der Waals surface area contributed by atoms with Crippen LogP contribution in [0.15, 0.2) is 0 Å². The van der Waals surface area contributed by atoms with Gasteiger partial charge >= 0.3 is 0 Å². The Hall–Kier alpha value is -0.570. The number of rotatable bonds is 1. The summed E-state index contributed by atoms with van der Waals surface area (Å²) < 4.78 is 0. The number of carbonyl (C=O) groups excluding carboxylic acids is 1. The maximum Gasteiger partial charge on any atom is 0.220 e. The Morgan fingerprint density at radius 2 is 2.06 bits per heavy atom. The molecule has 0 aromatic carbocycles. The third-order valence-corrected chi connectivity index (χ3v) is 5.68. The highest BCUT2D eigenvalue weighted by atomic mass is 16.1. The maximum absolute atomic E-state index is 11.4. The van der Waals surface area contributed by atoms with Crippen LogP contribution in [-0.4, -0.2) is 11.9 Å². The monoisotopic (exact) mass is 222 g/mol. The molecule has 4 N–H and O–H groups in total. The Balaban J connectivity index is 1.85. The Morgan fingerprint density at radius 3 is 2.69 bits per heavy atom. The second-order valence-electron chi connectivity index (χ2n) is 6.22. The fourth-order valence-corrected chi connectivity index (χ4v) is 4.86. The van der Waals surface area contributed by atoms with Gasteiger partial charge in [0.25, 0.3) is 0 Å². The maximum atomic E-state index is 11.4. The van der Waals surface area contributed by atoms with Gasteiger partial charge in [0, 0.05) is 12.0 Å². The highest BCUT2D eigenvalue weighted by Gasteiger charge is 2.57. The molecule has 1 amide bonds. The molecule has 3 aliphatic rings. The van der Waals surface area contributed by atoms with E-state index in [0.717, 1.165) is 31.1 Å². The van der Waals surface area contributed by atoms with Crippen LogP contribution in [0.4, 0.5) is 0 Å². The minimum atomic E-state index is -0.103. The molecule has 0 heterocycles. The molecular formula is C13H22N2O. The molecule has 2 bridgehead atoms. The number of primary amides is 1. The van der Waals surface area contributed by atoms with Gasteiger partial charge in [0.15, 0.2) is 0 Å². The summed E-state index contributed by atoms with van der Waals surface area (Å²) in [5.74, 6) is 1.51. The Bertz CT molecular complexity index is 313. The Morgan fingerprint density at radius 1 is 1.25 bits per heavy atom. The lowest BCUT2D eigenvalue weighted by Crippen LogP contribution is -2.50. The molecule has 3 aliphatic carbocycles. The number of carbonyl (C=O) groups is 1. The summed E-state index contributed by atoms with van der Waals surface area (Å²) in [4.78, 5) is 11.4. The van der Waals surface area contributed by atoms with Gasteiger partial charge in [-0.3, -0.25) is 4.79 Å². The van der Waals surface area contributed by atoms with E-state index in [-0.39, 0.29) is 17.2 Å². The van der Waals surface area contributed by atoms with E-state index in [1.807, 2.05) is 0 Å². The predicted octanol–water partition coefficient (Wildman–Crippen LogP) is 1.41. The molecule has 0 aliphatic heterocycles. The summed E-state index contributed by atoms with van der Waals surface area (Å²) in [7, 11) is 0. The van der Waals surface area contributed by atoms with E-state index in [2.05, 4.69) is 0 Å². The zero-order valence-electron chi connectivity index (χ0n) is 9.82. The summed E-state index contributed by atoms with van der Waals surface area (Å²) in [6.45, 7) is 0. The lowest BCUT2D eigenvalue weighted by atomic mass is 9.59. The van der Waals surface area contributed by atoms with Gasteiger partial charge in [0.05, 0.1) is 0 Å². The quantitative estimate of drug-likeness (QED) is 0.704. The zero-order chi connectivity index (χ0) is 11.3. The van der Waals surface area contributed by atoms with Crippen molar-refractivity contribution in [3.63, 3.8) is 0 Å². The summed E-state index contributed by atoms with van der Waals surface area (Å²) in [5.41, 5.74) is 12.2. The molecule has 3 fully saturated rings. The van der Waals surface area contributed by atoms with Crippen LogP contribution in [0.3, 0.4) is 0 Å². The van der Waals surface area contributed by atoms with Gasteiger partial charge in [-0.1, -0.05) is 6.42 Å². The van der Waals surface area contributed by atoms with Crippen LogP contribution in [0, 0.1) is 23.2 Å². The van der Waals surface area contributed by atoms with Crippen molar-refractivity contribution >= 4 is 5.91 Å². The first-order valence-electron chi connectivity index (χ1n) is 6.68. The fourth-order valence-electron chi connectivity index (χ4n) is 4.86. The first kappa shape index (κ1) is 10.6. The van der Waals surface area contributed by atoms with E-state index >= 15 is 0 Å². The standard InChI is InChI=1S/C13H22N2O/c14-11-8-3-4-10(6-8)13(11)5-1-2-9(7-13)12(15)16/h8-11H,1-7,14H2,(H2,15,16)/t8-,9+,10+,11+,13-/m1/s1. The van der Waals surface area contributed by atoms with Crippen LogP contribution >= 0.6 is 0 Å². The number of hydrogen-bond donors (Lipinski definition) is 2. The van der Waals surface area contributed by atoms with Crippen molar-refractivity contribution in [3.05, 3.63) is 0 Å². The van der Waals surface area contributed by atoms with Gasteiger partial charge in [-0.15, -0.1) is 0 Å². The average Bonchev–Trinajstić information content (AvgIpc) is 2.84. The van der Waals surface area contributed by atoms with Crippen LogP contribution < -0.4 is 11.5 Å². The number of nitrogens with two attached hydrogens (primary N) is 2. The van der Waals surface area contributed by atoms with Crippen LogP contribution in [-0.2, 0) is 4.79 Å². The molecule has 0 aromatic rings. The van der Waals surface area contributed by atoms with Crippen molar-refractivity contribution in [2.45, 2.75) is 51.0 Å². The van der Waals surface area contributed by atoms with Crippen molar-refractivity contribution in [2.24, 2.45) is 34.6 Å². The normalized spacial score (nSPS) is 51.1. The second-order valence-corrected chi connectivity index (χ2v) is 6.22. The third-order valence-electron chi connectivity index (χ3n) is 5.68. The molecule has 3 nitrogen and oxygen atoms in total. The van der Waals surface area contributed by atoms with Crippen LogP contribution in [0.5, 0.6) is 0 Å². The Labute approximate surface area is 96.9 Å². The van der Waals surface area contributed by atoms with E-state index in [9.17, 15) is 4.79 Å². The van der Waals surface area contributed by atoms with E-state index < -0.39 is 0 Å². The van der Waals surface area contributed by atoms with Crippen molar-refractivity contribution < 1.29 is 4.79 Å². The van der Waals surface area contributed by atoms with Crippen molar-refractivity contribution in [3.8, 4) is 0 Å².